The minimum absolute atomic E-state index is 0.0357. The average Bonchev–Trinajstić information content (AvgIpc) is 3.05. The summed E-state index contributed by atoms with van der Waals surface area (Å²) in [5, 5.41) is 12.2. The summed E-state index contributed by atoms with van der Waals surface area (Å²) in [6.45, 7) is 0.545. The maximum atomic E-state index is 12.7. The second-order valence-corrected chi connectivity index (χ2v) is 8.30. The maximum absolute atomic E-state index is 12.7. The van der Waals surface area contributed by atoms with E-state index in [4.69, 9.17) is 5.11 Å². The zero-order valence-electron chi connectivity index (χ0n) is 16.8. The minimum atomic E-state index is -1.03. The number of carboxylic acid groups (broad SMARTS) is 1. The number of aromatic nitrogens is 1. The first-order valence-corrected chi connectivity index (χ1v) is 9.87. The normalized spacial score (nSPS) is 26.7. The number of rotatable bonds is 4. The monoisotopic (exact) mass is 394 g/mol. The summed E-state index contributed by atoms with van der Waals surface area (Å²) in [7, 11) is 4.25. The molecule has 1 aliphatic carbocycles. The van der Waals surface area contributed by atoms with Crippen LogP contribution in [-0.4, -0.2) is 53.2 Å². The predicted molar refractivity (Wildman–Crippen MR) is 110 cm³/mol. The van der Waals surface area contributed by atoms with Crippen molar-refractivity contribution < 1.29 is 14.7 Å². The molecule has 152 valence electrons. The minimum Gasteiger partial charge on any atom is -0.478 e. The van der Waals surface area contributed by atoms with Crippen LogP contribution in [0.5, 0.6) is 0 Å². The molecular weight excluding hydrogens is 368 g/mol. The Balaban J connectivity index is 1.53. The number of carbonyl (C=O) groups is 2. The van der Waals surface area contributed by atoms with Gasteiger partial charge in [0.15, 0.2) is 0 Å². The van der Waals surface area contributed by atoms with Crippen LogP contribution in [0.3, 0.4) is 0 Å². The molecular formula is C22H26N4O3. The molecule has 2 N–H and O–H groups in total. The summed E-state index contributed by atoms with van der Waals surface area (Å²) in [5.41, 5.74) is 1.11. The van der Waals surface area contributed by atoms with E-state index in [0.29, 0.717) is 12.4 Å². The van der Waals surface area contributed by atoms with Gasteiger partial charge in [-0.05, 0) is 57.5 Å². The van der Waals surface area contributed by atoms with Crippen LogP contribution in [0.15, 0.2) is 48.7 Å². The largest absolute Gasteiger partial charge is 0.478 e. The van der Waals surface area contributed by atoms with E-state index in [1.807, 2.05) is 6.07 Å². The zero-order valence-corrected chi connectivity index (χ0v) is 16.8. The Morgan fingerprint density at radius 2 is 1.79 bits per heavy atom. The number of pyridine rings is 1. The number of benzene rings is 1. The smallest absolute Gasteiger partial charge is 0.337 e. The van der Waals surface area contributed by atoms with Crippen molar-refractivity contribution in [1.29, 1.82) is 0 Å². The molecule has 2 amide bonds. The lowest BCUT2D eigenvalue weighted by molar-refractivity contribution is 0.0657. The highest BCUT2D eigenvalue weighted by atomic mass is 16.4. The number of carbonyl (C=O) groups excluding carboxylic acids is 1. The number of urea groups is 1. The third kappa shape index (κ3) is 3.35. The number of amides is 2. The van der Waals surface area contributed by atoms with Crippen LogP contribution in [0.25, 0.3) is 0 Å². The summed E-state index contributed by atoms with van der Waals surface area (Å²) in [5.74, 6) is -0.545. The van der Waals surface area contributed by atoms with Crippen molar-refractivity contribution in [2.45, 2.75) is 36.8 Å². The number of anilines is 1. The summed E-state index contributed by atoms with van der Waals surface area (Å²) in [6, 6.07) is 13.5. The third-order valence-electron chi connectivity index (χ3n) is 6.55. The molecule has 2 aliphatic rings. The lowest BCUT2D eigenvalue weighted by Crippen LogP contribution is -2.54. The number of aromatic carboxylic acids is 1. The molecule has 0 radical (unpaired) electrons. The van der Waals surface area contributed by atoms with Gasteiger partial charge in [0.25, 0.3) is 0 Å². The van der Waals surface area contributed by atoms with E-state index >= 15 is 0 Å². The van der Waals surface area contributed by atoms with Gasteiger partial charge in [0.05, 0.1) is 17.6 Å². The predicted octanol–water partition coefficient (Wildman–Crippen LogP) is 3.08. The SMILES string of the molecule is CN(C)C1(c2ccccc2)CCC2(CC1)CN(c1ccc(C(=O)O)cn1)C(=O)N2. The van der Waals surface area contributed by atoms with E-state index in [9.17, 15) is 9.59 Å². The van der Waals surface area contributed by atoms with Crippen LogP contribution >= 0.6 is 0 Å². The van der Waals surface area contributed by atoms with Gasteiger partial charge in [0, 0.05) is 11.7 Å². The van der Waals surface area contributed by atoms with E-state index in [-0.39, 0.29) is 22.7 Å². The van der Waals surface area contributed by atoms with Gasteiger partial charge in [-0.1, -0.05) is 30.3 Å². The first kappa shape index (κ1) is 19.4. The Kier molecular flexibility index (Phi) is 4.78. The van der Waals surface area contributed by atoms with Crippen molar-refractivity contribution in [1.82, 2.24) is 15.2 Å². The lowest BCUT2D eigenvalue weighted by atomic mass is 9.69. The Bertz CT molecular complexity index is 903. The van der Waals surface area contributed by atoms with Crippen LogP contribution in [0.2, 0.25) is 0 Å². The fourth-order valence-electron chi connectivity index (χ4n) is 4.73. The standard InChI is InChI=1S/C22H26N4O3/c1-25(2)22(17-6-4-3-5-7-17)12-10-21(11-13-22)15-26(20(29)24-21)18-9-8-16(14-23-18)19(27)28/h3-9,14H,10-13,15H2,1-2H3,(H,24,29)(H,27,28). The molecule has 1 aromatic heterocycles. The molecule has 2 heterocycles. The first-order chi connectivity index (χ1) is 13.9. The highest BCUT2D eigenvalue weighted by molar-refractivity contribution is 5.95. The van der Waals surface area contributed by atoms with Gasteiger partial charge in [-0.15, -0.1) is 0 Å². The Morgan fingerprint density at radius 3 is 2.34 bits per heavy atom. The highest BCUT2D eigenvalue weighted by Crippen LogP contribution is 2.46. The first-order valence-electron chi connectivity index (χ1n) is 9.87. The number of nitrogens with zero attached hydrogens (tertiary/aromatic N) is 3. The number of nitrogens with one attached hydrogen (secondary N) is 1. The zero-order chi connectivity index (χ0) is 20.6. The topological polar surface area (TPSA) is 85.8 Å². The molecule has 7 heteroatoms. The van der Waals surface area contributed by atoms with Crippen LogP contribution in [0.4, 0.5) is 10.6 Å². The highest BCUT2D eigenvalue weighted by Gasteiger charge is 2.50. The maximum Gasteiger partial charge on any atom is 0.337 e. The Hall–Kier alpha value is -2.93. The second kappa shape index (κ2) is 7.15. The summed E-state index contributed by atoms with van der Waals surface area (Å²) in [6.07, 6.45) is 4.93. The van der Waals surface area contributed by atoms with Gasteiger partial charge < -0.3 is 10.4 Å². The van der Waals surface area contributed by atoms with Crippen LogP contribution in [-0.2, 0) is 5.54 Å². The molecule has 0 bridgehead atoms. The van der Waals surface area contributed by atoms with Gasteiger partial charge in [-0.25, -0.2) is 14.6 Å². The Morgan fingerprint density at radius 1 is 1.10 bits per heavy atom. The van der Waals surface area contributed by atoms with Crippen molar-refractivity contribution in [3.05, 3.63) is 59.8 Å². The van der Waals surface area contributed by atoms with E-state index in [1.54, 1.807) is 11.0 Å². The van der Waals surface area contributed by atoms with Crippen molar-refractivity contribution in [2.75, 3.05) is 25.5 Å². The molecule has 1 spiro atoms. The summed E-state index contributed by atoms with van der Waals surface area (Å²) >= 11 is 0. The van der Waals surface area contributed by atoms with Gasteiger partial charge in [0.2, 0.25) is 0 Å². The number of carboxylic acids is 1. The van der Waals surface area contributed by atoms with E-state index < -0.39 is 5.97 Å². The van der Waals surface area contributed by atoms with Gasteiger partial charge in [-0.2, -0.15) is 0 Å². The average molecular weight is 394 g/mol. The molecule has 1 aromatic carbocycles. The molecule has 2 aromatic rings. The summed E-state index contributed by atoms with van der Waals surface area (Å²) in [4.78, 5) is 31.8. The van der Waals surface area contributed by atoms with Crippen molar-refractivity contribution in [2.24, 2.45) is 0 Å². The molecule has 0 atom stereocenters. The molecule has 29 heavy (non-hydrogen) atoms. The Labute approximate surface area is 170 Å². The van der Waals surface area contributed by atoms with Crippen molar-refractivity contribution in [3.63, 3.8) is 0 Å². The fourth-order valence-corrected chi connectivity index (χ4v) is 4.73. The van der Waals surface area contributed by atoms with Crippen LogP contribution in [0.1, 0.15) is 41.6 Å². The number of hydrogen-bond acceptors (Lipinski definition) is 4. The third-order valence-corrected chi connectivity index (χ3v) is 6.55. The number of hydrogen-bond donors (Lipinski definition) is 2. The van der Waals surface area contributed by atoms with Crippen molar-refractivity contribution in [3.8, 4) is 0 Å². The van der Waals surface area contributed by atoms with E-state index in [2.05, 4.69) is 53.6 Å². The van der Waals surface area contributed by atoms with Gasteiger partial charge in [0.1, 0.15) is 5.82 Å². The molecule has 2 fully saturated rings. The molecule has 4 rings (SSSR count). The lowest BCUT2D eigenvalue weighted by Gasteiger charge is -2.48. The van der Waals surface area contributed by atoms with Gasteiger partial charge in [-0.3, -0.25) is 9.80 Å². The molecule has 0 unspecified atom stereocenters. The van der Waals surface area contributed by atoms with Crippen molar-refractivity contribution >= 4 is 17.8 Å². The quantitative estimate of drug-likeness (QED) is 0.832. The van der Waals surface area contributed by atoms with Crippen LogP contribution in [0, 0.1) is 0 Å². The van der Waals surface area contributed by atoms with E-state index in [0.717, 1.165) is 25.7 Å². The van der Waals surface area contributed by atoms with Crippen LogP contribution < -0.4 is 10.2 Å². The molecule has 1 aliphatic heterocycles. The molecule has 1 saturated heterocycles. The molecule has 1 saturated carbocycles. The van der Waals surface area contributed by atoms with Gasteiger partial charge >= 0.3 is 12.0 Å². The van der Waals surface area contributed by atoms with E-state index in [1.165, 1.54) is 17.8 Å². The fraction of sp³-hybridized carbons (Fsp3) is 0.409. The second-order valence-electron chi connectivity index (χ2n) is 8.30. The summed E-state index contributed by atoms with van der Waals surface area (Å²) < 4.78 is 0. The molecule has 7 nitrogen and oxygen atoms in total.